The van der Waals surface area contributed by atoms with Crippen LogP contribution in [-0.2, 0) is 23.9 Å². The smallest absolute Gasteiger partial charge is 0.255 e. The van der Waals surface area contributed by atoms with E-state index in [1.165, 1.54) is 17.3 Å². The first-order chi connectivity index (χ1) is 18.8. The van der Waals surface area contributed by atoms with Crippen molar-refractivity contribution >= 4 is 34.4 Å². The van der Waals surface area contributed by atoms with E-state index < -0.39 is 11.1 Å². The van der Waals surface area contributed by atoms with Crippen molar-refractivity contribution in [1.29, 1.82) is 0 Å². The van der Waals surface area contributed by atoms with Crippen LogP contribution in [0.2, 0.25) is 0 Å². The first-order valence-electron chi connectivity index (χ1n) is 13.3. The zero-order chi connectivity index (χ0) is 27.8. The molecule has 0 radical (unpaired) electrons. The highest BCUT2D eigenvalue weighted by molar-refractivity contribution is 7.79. The number of hydrogen-bond donors (Lipinski definition) is 3. The highest BCUT2D eigenvalue weighted by Crippen LogP contribution is 2.19. The van der Waals surface area contributed by atoms with Crippen molar-refractivity contribution in [2.75, 3.05) is 36.1 Å². The van der Waals surface area contributed by atoms with Gasteiger partial charge < -0.3 is 25.4 Å². The zero-order valence-electron chi connectivity index (χ0n) is 22.7. The maximum absolute atomic E-state index is 12.9. The Balaban J connectivity index is 1.25. The molecule has 1 aliphatic heterocycles. The average Bonchev–Trinajstić information content (AvgIpc) is 2.92. The predicted molar refractivity (Wildman–Crippen MR) is 153 cm³/mol. The summed E-state index contributed by atoms with van der Waals surface area (Å²) in [6, 6.07) is 9.95. The Morgan fingerprint density at radius 2 is 1.85 bits per heavy atom. The van der Waals surface area contributed by atoms with Crippen LogP contribution in [0.1, 0.15) is 52.5 Å². The van der Waals surface area contributed by atoms with Gasteiger partial charge in [0, 0.05) is 50.2 Å². The number of hydrogen-bond acceptors (Lipinski definition) is 9. The van der Waals surface area contributed by atoms with Crippen LogP contribution in [0.25, 0.3) is 0 Å². The van der Waals surface area contributed by atoms with Crippen LogP contribution in [0, 0.1) is 13.8 Å². The van der Waals surface area contributed by atoms with Gasteiger partial charge in [0.25, 0.3) is 5.91 Å². The molecule has 1 atom stereocenters. The largest absolute Gasteiger partial charge is 0.771 e. The van der Waals surface area contributed by atoms with E-state index in [-0.39, 0.29) is 11.8 Å². The van der Waals surface area contributed by atoms with Crippen molar-refractivity contribution in [3.8, 4) is 0 Å². The molecule has 1 fully saturated rings. The number of likely N-dealkylation sites (tertiary alicyclic amines) is 1. The minimum absolute atomic E-state index is 0.0580. The molecule has 10 nitrogen and oxygen atoms in total. The summed E-state index contributed by atoms with van der Waals surface area (Å²) in [6.45, 7) is 8.42. The molecule has 3 aromatic rings. The van der Waals surface area contributed by atoms with Crippen molar-refractivity contribution in [2.45, 2.75) is 52.5 Å². The third-order valence-electron chi connectivity index (χ3n) is 6.77. The SMILES string of the molecule is CCc1cnc(Nc2cc(C)cc(C)c2)nc1CCNC1CCN(C(=O)c2ccc(NCS(=O)[O-])nc2)CC1. The van der Waals surface area contributed by atoms with Gasteiger partial charge in [-0.05, 0) is 85.1 Å². The quantitative estimate of drug-likeness (QED) is 0.307. The van der Waals surface area contributed by atoms with Crippen molar-refractivity contribution in [3.05, 3.63) is 70.7 Å². The van der Waals surface area contributed by atoms with Gasteiger partial charge in [-0.25, -0.2) is 15.0 Å². The summed E-state index contributed by atoms with van der Waals surface area (Å²) in [5.74, 6) is 0.750. The number of benzene rings is 1. The Hall–Kier alpha value is -3.41. The summed E-state index contributed by atoms with van der Waals surface area (Å²) in [6.07, 6.45) is 6.83. The molecule has 0 bridgehead atoms. The third kappa shape index (κ3) is 8.29. The Labute approximate surface area is 232 Å². The van der Waals surface area contributed by atoms with Gasteiger partial charge >= 0.3 is 0 Å². The summed E-state index contributed by atoms with van der Waals surface area (Å²) in [4.78, 5) is 28.2. The molecule has 0 aliphatic carbocycles. The second kappa shape index (κ2) is 13.6. The van der Waals surface area contributed by atoms with Crippen LogP contribution in [0.15, 0.2) is 42.7 Å². The molecule has 3 heterocycles. The van der Waals surface area contributed by atoms with Gasteiger partial charge in [-0.1, -0.05) is 13.0 Å². The number of carbonyl (C=O) groups is 1. The highest BCUT2D eigenvalue weighted by Gasteiger charge is 2.23. The molecule has 1 amide bonds. The molecule has 208 valence electrons. The molecule has 39 heavy (non-hydrogen) atoms. The topological polar surface area (TPSA) is 135 Å². The lowest BCUT2D eigenvalue weighted by molar-refractivity contribution is 0.0705. The van der Waals surface area contributed by atoms with Gasteiger partial charge in [0.1, 0.15) is 5.82 Å². The minimum Gasteiger partial charge on any atom is -0.771 e. The molecule has 4 rings (SSSR count). The normalized spacial score (nSPS) is 14.7. The number of aryl methyl sites for hydroxylation is 3. The Kier molecular flexibility index (Phi) is 9.96. The number of nitrogens with one attached hydrogen (secondary N) is 3. The van der Waals surface area contributed by atoms with Crippen molar-refractivity contribution in [2.24, 2.45) is 0 Å². The van der Waals surface area contributed by atoms with Crippen molar-refractivity contribution in [3.63, 3.8) is 0 Å². The van der Waals surface area contributed by atoms with E-state index in [1.54, 1.807) is 12.1 Å². The van der Waals surface area contributed by atoms with Crippen LogP contribution in [0.3, 0.4) is 0 Å². The van der Waals surface area contributed by atoms with Crippen LogP contribution >= 0.6 is 0 Å². The number of carbonyl (C=O) groups excluding carboxylic acids is 1. The van der Waals surface area contributed by atoms with Crippen molar-refractivity contribution < 1.29 is 13.6 Å². The van der Waals surface area contributed by atoms with E-state index in [9.17, 15) is 13.6 Å². The van der Waals surface area contributed by atoms with E-state index >= 15 is 0 Å². The first-order valence-corrected chi connectivity index (χ1v) is 14.5. The summed E-state index contributed by atoms with van der Waals surface area (Å²) in [5, 5.41) is 9.68. The predicted octanol–water partition coefficient (Wildman–Crippen LogP) is 3.48. The monoisotopic (exact) mass is 550 g/mol. The van der Waals surface area contributed by atoms with Gasteiger partial charge in [-0.2, -0.15) is 0 Å². The molecule has 11 heteroatoms. The number of pyridine rings is 1. The van der Waals surface area contributed by atoms with Gasteiger partial charge in [-0.15, -0.1) is 0 Å². The Morgan fingerprint density at radius 3 is 2.49 bits per heavy atom. The molecule has 1 aromatic carbocycles. The molecule has 1 aliphatic rings. The maximum atomic E-state index is 12.9. The summed E-state index contributed by atoms with van der Waals surface area (Å²) in [5.41, 5.74) is 6.07. The lowest BCUT2D eigenvalue weighted by atomic mass is 10.0. The van der Waals surface area contributed by atoms with E-state index in [0.29, 0.717) is 36.5 Å². The number of anilines is 3. The van der Waals surface area contributed by atoms with Gasteiger partial charge in [-0.3, -0.25) is 9.00 Å². The second-order valence-corrected chi connectivity index (χ2v) is 10.7. The van der Waals surface area contributed by atoms with E-state index in [0.717, 1.165) is 49.2 Å². The average molecular weight is 551 g/mol. The fraction of sp³-hybridized carbons (Fsp3) is 0.429. The van der Waals surface area contributed by atoms with Gasteiger partial charge in [0.05, 0.1) is 17.1 Å². The fourth-order valence-corrected chi connectivity index (χ4v) is 5.08. The number of piperidine rings is 1. The number of nitrogens with zero attached hydrogens (tertiary/aromatic N) is 4. The van der Waals surface area contributed by atoms with E-state index in [1.807, 2.05) is 11.1 Å². The molecular formula is C28H36N7O3S-. The lowest BCUT2D eigenvalue weighted by Crippen LogP contribution is -2.45. The van der Waals surface area contributed by atoms with E-state index in [4.69, 9.17) is 4.98 Å². The summed E-state index contributed by atoms with van der Waals surface area (Å²) < 4.78 is 21.4. The number of amides is 1. The Bertz CT molecular complexity index is 1270. The van der Waals surface area contributed by atoms with Crippen LogP contribution < -0.4 is 16.0 Å². The van der Waals surface area contributed by atoms with Gasteiger partial charge in [0.2, 0.25) is 5.95 Å². The molecule has 3 N–H and O–H groups in total. The maximum Gasteiger partial charge on any atom is 0.255 e. The molecule has 1 saturated heterocycles. The number of aromatic nitrogens is 3. The molecule has 1 unspecified atom stereocenters. The van der Waals surface area contributed by atoms with Crippen LogP contribution in [0.5, 0.6) is 0 Å². The summed E-state index contributed by atoms with van der Waals surface area (Å²) in [7, 11) is 0. The Morgan fingerprint density at radius 1 is 1.10 bits per heavy atom. The molecule has 2 aromatic heterocycles. The van der Waals surface area contributed by atoms with Crippen LogP contribution in [-0.4, -0.2) is 66.1 Å². The standard InChI is InChI=1S/C28H37N7O3S/c1-4-21-16-31-28(33-24-14-19(2)13-20(3)15-24)34-25(21)7-10-29-23-8-11-35(12-9-23)27(36)22-5-6-26(30-17-22)32-18-39(37)38/h5-6,13-17,23,29H,4,7-12,18H2,1-3H3,(H,30,32)(H,37,38)(H,31,33,34)/p-1. The van der Waals surface area contributed by atoms with Gasteiger partial charge in [0.15, 0.2) is 0 Å². The molecule has 0 spiro atoms. The highest BCUT2D eigenvalue weighted by atomic mass is 32.2. The number of rotatable bonds is 11. The third-order valence-corrected chi connectivity index (χ3v) is 7.15. The summed E-state index contributed by atoms with van der Waals surface area (Å²) >= 11 is -2.20. The van der Waals surface area contributed by atoms with E-state index in [2.05, 4.69) is 64.9 Å². The minimum atomic E-state index is -2.20. The lowest BCUT2D eigenvalue weighted by Gasteiger charge is -2.32. The fourth-order valence-electron chi connectivity index (χ4n) is 4.81. The first kappa shape index (κ1) is 28.6. The zero-order valence-corrected chi connectivity index (χ0v) is 23.5. The molecular weight excluding hydrogens is 514 g/mol. The molecule has 0 saturated carbocycles. The van der Waals surface area contributed by atoms with Crippen LogP contribution in [0.4, 0.5) is 17.5 Å². The second-order valence-electron chi connectivity index (χ2n) is 9.85. The van der Waals surface area contributed by atoms with Crippen molar-refractivity contribution in [1.82, 2.24) is 25.2 Å².